The molecule has 0 radical (unpaired) electrons. The van der Waals surface area contributed by atoms with Crippen molar-refractivity contribution >= 4 is 90.2 Å². The van der Waals surface area contributed by atoms with Gasteiger partial charge in [-0.15, -0.1) is 0 Å². The summed E-state index contributed by atoms with van der Waals surface area (Å²) in [5.74, 6) is -3.38. The highest BCUT2D eigenvalue weighted by atomic mass is 31.2. The predicted molar refractivity (Wildman–Crippen MR) is 373 cm³/mol. The van der Waals surface area contributed by atoms with Gasteiger partial charge in [-0.1, -0.05) is 47.0 Å². The molecule has 1 saturated carbocycles. The normalized spacial score (nSPS) is 17.8. The monoisotopic (exact) mass is 1640 g/mol. The summed E-state index contributed by atoms with van der Waals surface area (Å²) >= 11 is 0. The third-order valence-electron chi connectivity index (χ3n) is 14.0. The SMILES string of the molecule is CCCOP(=O)(O)OCCCCC(=O)NCC(CNC(=O)CCCCOP(=O)(O)OCCC)OP(=O)(O)OCCCCC(=O)NCC(CNC(=O)CCCCOP(=O)(O)OC(CNC(=O)CCCCOP(=O)(O)OCCC)CNC(=O)CCCCOP(=O)(O)OCCC)OP(=O)(O)OC1CCCCC1. The number of phosphoric acid groups is 7. The summed E-state index contributed by atoms with van der Waals surface area (Å²) in [6.07, 6.45) is 1.73. The van der Waals surface area contributed by atoms with Crippen LogP contribution in [0.1, 0.15) is 201 Å². The third-order valence-corrected chi connectivity index (χ3v) is 21.3. The molecule has 13 N–H and O–H groups in total. The quantitative estimate of drug-likeness (QED) is 0.0205. The highest BCUT2D eigenvalue weighted by Crippen LogP contribution is 2.50. The Morgan fingerprint density at radius 3 is 0.692 bits per heavy atom. The molecule has 1 fully saturated rings. The number of nitrogens with one attached hydrogen (secondary N) is 6. The van der Waals surface area contributed by atoms with E-state index in [1.165, 1.54) is 0 Å². The van der Waals surface area contributed by atoms with Gasteiger partial charge in [0.05, 0.1) is 72.2 Å². The van der Waals surface area contributed by atoms with E-state index in [2.05, 4.69) is 31.9 Å². The first-order chi connectivity index (χ1) is 49.0. The van der Waals surface area contributed by atoms with Crippen molar-refractivity contribution in [3.05, 3.63) is 0 Å². The lowest BCUT2D eigenvalue weighted by Crippen LogP contribution is -2.41. The summed E-state index contributed by atoms with van der Waals surface area (Å²) in [5.41, 5.74) is 0. The molecule has 0 aliphatic heterocycles. The van der Waals surface area contributed by atoms with Crippen molar-refractivity contribution in [1.29, 1.82) is 0 Å². The Morgan fingerprint density at radius 1 is 0.288 bits per heavy atom. The van der Waals surface area contributed by atoms with Crippen molar-refractivity contribution in [2.75, 3.05) is 105 Å². The third kappa shape index (κ3) is 57.6. The maximum absolute atomic E-state index is 13.2. The average Bonchev–Trinajstić information content (AvgIpc) is 0.895. The molecule has 1 aliphatic rings. The fraction of sp³-hybridized carbons (Fsp3) is 0.895. The number of hydrogen-bond donors (Lipinski definition) is 13. The molecule has 6 amide bonds. The minimum absolute atomic E-state index is 0.00757. The molecule has 1 aliphatic carbocycles. The number of rotatable bonds is 68. The van der Waals surface area contributed by atoms with Gasteiger partial charge in [0, 0.05) is 77.8 Å². The van der Waals surface area contributed by atoms with E-state index in [1.54, 1.807) is 27.7 Å². The van der Waals surface area contributed by atoms with Crippen LogP contribution < -0.4 is 31.9 Å². The average molecular weight is 1650 g/mol. The second-order valence-electron chi connectivity index (χ2n) is 23.7. The lowest BCUT2D eigenvalue weighted by Gasteiger charge is -2.26. The molecule has 0 aromatic carbocycles. The maximum Gasteiger partial charge on any atom is 0.472 e. The molecule has 0 saturated heterocycles. The van der Waals surface area contributed by atoms with Gasteiger partial charge in [-0.2, -0.15) is 0 Å². The summed E-state index contributed by atoms with van der Waals surface area (Å²) < 4.78 is 158. The van der Waals surface area contributed by atoms with E-state index in [0.717, 1.165) is 19.3 Å². The minimum Gasteiger partial charge on any atom is -0.353 e. The van der Waals surface area contributed by atoms with E-state index < -0.39 is 167 Å². The van der Waals surface area contributed by atoms with Crippen molar-refractivity contribution in [2.24, 2.45) is 0 Å². The molecule has 0 bridgehead atoms. The number of carbonyl (C=O) groups is 6. The van der Waals surface area contributed by atoms with Crippen molar-refractivity contribution in [3.63, 3.8) is 0 Å². The van der Waals surface area contributed by atoms with E-state index in [1.807, 2.05) is 0 Å². The van der Waals surface area contributed by atoms with Gasteiger partial charge in [-0.3, -0.25) is 92.1 Å². The number of unbranched alkanes of at least 4 members (excludes halogenated alkanes) is 6. The Balaban J connectivity index is 2.89. The van der Waals surface area contributed by atoms with Crippen LogP contribution in [0.5, 0.6) is 0 Å². The van der Waals surface area contributed by atoms with Gasteiger partial charge in [0.25, 0.3) is 0 Å². The van der Waals surface area contributed by atoms with Crippen LogP contribution in [0.2, 0.25) is 0 Å². The first kappa shape index (κ1) is 99.6. The molecule has 40 nitrogen and oxygen atoms in total. The van der Waals surface area contributed by atoms with Gasteiger partial charge in [0.2, 0.25) is 35.4 Å². The second-order valence-corrected chi connectivity index (χ2v) is 33.7. The van der Waals surface area contributed by atoms with Gasteiger partial charge < -0.3 is 66.2 Å². The van der Waals surface area contributed by atoms with E-state index >= 15 is 0 Å². The molecule has 7 unspecified atom stereocenters. The van der Waals surface area contributed by atoms with Gasteiger partial charge in [-0.25, -0.2) is 32.0 Å². The van der Waals surface area contributed by atoms with E-state index in [0.29, 0.717) is 38.5 Å². The zero-order chi connectivity index (χ0) is 77.8. The zero-order valence-electron chi connectivity index (χ0n) is 60.0. The van der Waals surface area contributed by atoms with Gasteiger partial charge in [-0.05, 0) is 116 Å². The largest absolute Gasteiger partial charge is 0.472 e. The predicted octanol–water partition coefficient (Wildman–Crippen LogP) is 7.72. The summed E-state index contributed by atoms with van der Waals surface area (Å²) in [6.45, 7) is 2.99. The Labute approximate surface area is 608 Å². The van der Waals surface area contributed by atoms with Crippen LogP contribution in [0.3, 0.4) is 0 Å². The lowest BCUT2D eigenvalue weighted by atomic mass is 9.98. The Morgan fingerprint density at radius 2 is 0.481 bits per heavy atom. The molecule has 0 heterocycles. The Hall–Kier alpha value is -2.41. The van der Waals surface area contributed by atoms with Crippen LogP contribution in [0, 0.1) is 0 Å². The van der Waals surface area contributed by atoms with E-state index in [-0.39, 0.29) is 168 Å². The van der Waals surface area contributed by atoms with Crippen LogP contribution in [0.4, 0.5) is 0 Å². The summed E-state index contributed by atoms with van der Waals surface area (Å²) in [7, 11) is -31.6. The van der Waals surface area contributed by atoms with Crippen molar-refractivity contribution in [3.8, 4) is 0 Å². The van der Waals surface area contributed by atoms with Crippen LogP contribution in [0.15, 0.2) is 0 Å². The fourth-order valence-electron chi connectivity index (χ4n) is 8.73. The summed E-state index contributed by atoms with van der Waals surface area (Å²) in [6, 6.07) is 0. The first-order valence-electron chi connectivity index (χ1n) is 35.1. The Kier molecular flexibility index (Phi) is 54.3. The molecule has 0 spiro atoms. The van der Waals surface area contributed by atoms with Crippen molar-refractivity contribution in [1.82, 2.24) is 31.9 Å². The first-order valence-corrected chi connectivity index (χ1v) is 45.6. The molecule has 1 rings (SSSR count). The van der Waals surface area contributed by atoms with Gasteiger partial charge >= 0.3 is 54.8 Å². The smallest absolute Gasteiger partial charge is 0.353 e. The van der Waals surface area contributed by atoms with E-state index in [9.17, 15) is 95.0 Å². The van der Waals surface area contributed by atoms with Crippen LogP contribution in [0.25, 0.3) is 0 Å². The zero-order valence-corrected chi connectivity index (χ0v) is 66.3. The van der Waals surface area contributed by atoms with Crippen LogP contribution in [-0.4, -0.2) is 199 Å². The Bertz CT molecular complexity index is 2530. The molecule has 0 aromatic heterocycles. The summed E-state index contributed by atoms with van der Waals surface area (Å²) in [4.78, 5) is 148. The maximum atomic E-state index is 13.2. The highest BCUT2D eigenvalue weighted by molar-refractivity contribution is 7.49. The number of carbonyl (C=O) groups excluding carboxylic acids is 6. The molecular formula is C57H115N6O34P7. The molecule has 7 atom stereocenters. The van der Waals surface area contributed by atoms with E-state index in [4.69, 9.17) is 63.3 Å². The molecular weight excluding hydrogens is 1530 g/mol. The second kappa shape index (κ2) is 56.7. The topological polar surface area (TPSA) is 565 Å². The molecule has 612 valence electrons. The number of hydrogen-bond acceptors (Lipinski definition) is 27. The number of amides is 6. The molecule has 47 heteroatoms. The van der Waals surface area contributed by atoms with Crippen molar-refractivity contribution in [2.45, 2.75) is 225 Å². The standard InChI is InChI=1S/C57H115N6O34P7/c1-5-32-84-98(70,71)88-36-18-12-26-52(64)58-42-49(43-59-53(65)27-13-19-37-89-99(72,73)85-33-6-2)95-102(78,79)92-40-22-16-30-56(68)62-46-51(97-104(82,83)94-48-24-10-9-11-25-48)47-63-57(69)31-17-23-41-93-103(80,81)96-50(44-60-54(66)28-14-20-38-90-100(74,75)86-34-7-3)45-61-55(67)29-15-21-39-91-101(76,77)87-35-8-4/h48-51H,5-47H2,1-4H3,(H,58,64)(H,59,65)(H,60,66)(H,61,67)(H,62,68)(H,63,69)(H,70,71)(H,72,73)(H,74,75)(H,76,77)(H,78,79)(H,80,81)(H,82,83). The highest BCUT2D eigenvalue weighted by Gasteiger charge is 2.34. The number of phosphoric ester groups is 7. The van der Waals surface area contributed by atoms with Crippen LogP contribution in [-0.2, 0) is 124 Å². The fourth-order valence-corrected chi connectivity index (χ4v) is 15.2. The van der Waals surface area contributed by atoms with Crippen molar-refractivity contribution < 1.29 is 158 Å². The molecule has 0 aromatic rings. The lowest BCUT2D eigenvalue weighted by molar-refractivity contribution is -0.123. The summed E-state index contributed by atoms with van der Waals surface area (Å²) in [5, 5.41) is 15.3. The van der Waals surface area contributed by atoms with Crippen LogP contribution >= 0.6 is 54.8 Å². The molecule has 104 heavy (non-hydrogen) atoms. The van der Waals surface area contributed by atoms with Gasteiger partial charge in [0.1, 0.15) is 18.3 Å². The van der Waals surface area contributed by atoms with Gasteiger partial charge in [0.15, 0.2) is 0 Å². The minimum atomic E-state index is -4.92.